The quantitative estimate of drug-likeness (QED) is 0.590. The van der Waals surface area contributed by atoms with Gasteiger partial charge in [-0.1, -0.05) is 0 Å². The Kier molecular flexibility index (Phi) is 3.81. The van der Waals surface area contributed by atoms with Crippen LogP contribution in [0.1, 0.15) is 25.0 Å². The van der Waals surface area contributed by atoms with Gasteiger partial charge in [0.05, 0.1) is 25.0 Å². The molecule has 0 radical (unpaired) electrons. The highest BCUT2D eigenvalue weighted by Gasteiger charge is 2.33. The van der Waals surface area contributed by atoms with E-state index in [0.717, 1.165) is 18.5 Å². The van der Waals surface area contributed by atoms with Crippen LogP contribution in [0.15, 0.2) is 12.5 Å². The minimum atomic E-state index is -0.888. The largest absolute Gasteiger partial charge is 0.481 e. The van der Waals surface area contributed by atoms with Gasteiger partial charge < -0.3 is 20.7 Å². The molecule has 1 aromatic rings. The number of nitrogens with one attached hydrogen (secondary N) is 3. The number of urea groups is 1. The predicted molar refractivity (Wildman–Crippen MR) is 62.7 cm³/mol. The van der Waals surface area contributed by atoms with Gasteiger partial charge in [0, 0.05) is 12.2 Å². The number of hydrogen-bond donors (Lipinski definition) is 4. The lowest BCUT2D eigenvalue weighted by molar-refractivity contribution is -0.137. The fraction of sp³-hybridized carbons (Fsp3) is 0.545. The first kappa shape index (κ1) is 12.4. The lowest BCUT2D eigenvalue weighted by Crippen LogP contribution is -2.43. The average Bonchev–Trinajstić information content (AvgIpc) is 3.02. The highest BCUT2D eigenvalue weighted by atomic mass is 16.4. The second kappa shape index (κ2) is 5.52. The van der Waals surface area contributed by atoms with E-state index in [0.29, 0.717) is 12.5 Å². The molecule has 1 atom stereocenters. The van der Waals surface area contributed by atoms with Crippen LogP contribution in [0.2, 0.25) is 0 Å². The number of rotatable bonds is 6. The van der Waals surface area contributed by atoms with Gasteiger partial charge in [0.25, 0.3) is 0 Å². The van der Waals surface area contributed by atoms with Crippen molar-refractivity contribution >= 4 is 12.0 Å². The number of hydrogen-bond acceptors (Lipinski definition) is 3. The van der Waals surface area contributed by atoms with Crippen LogP contribution in [0.5, 0.6) is 0 Å². The molecule has 1 aliphatic rings. The Labute approximate surface area is 104 Å². The number of aromatic nitrogens is 2. The van der Waals surface area contributed by atoms with Gasteiger partial charge in [-0.25, -0.2) is 9.78 Å². The number of carbonyl (C=O) groups is 2. The molecule has 1 unspecified atom stereocenters. The summed E-state index contributed by atoms with van der Waals surface area (Å²) in [6.07, 6.45) is 5.10. The monoisotopic (exact) mass is 252 g/mol. The normalized spacial score (nSPS) is 16.0. The summed E-state index contributed by atoms with van der Waals surface area (Å²) in [5, 5.41) is 14.1. The SMILES string of the molecule is O=C(O)CC(NC(=O)NCc1cnc[nH]1)C1CC1. The standard InChI is InChI=1S/C11H16N4O3/c16-10(17)3-9(7-1-2-7)15-11(18)13-5-8-4-12-6-14-8/h4,6-7,9H,1-3,5H2,(H,12,14)(H,16,17)(H2,13,15,18). The molecule has 1 heterocycles. The van der Waals surface area contributed by atoms with Crippen LogP contribution in [0.4, 0.5) is 4.79 Å². The second-order valence-corrected chi connectivity index (χ2v) is 4.45. The van der Waals surface area contributed by atoms with Crippen molar-refractivity contribution in [3.8, 4) is 0 Å². The molecule has 0 bridgehead atoms. The van der Waals surface area contributed by atoms with Crippen molar-refractivity contribution in [3.63, 3.8) is 0 Å². The van der Waals surface area contributed by atoms with Crippen LogP contribution in [0.3, 0.4) is 0 Å². The van der Waals surface area contributed by atoms with Crippen LogP contribution in [-0.4, -0.2) is 33.1 Å². The van der Waals surface area contributed by atoms with Gasteiger partial charge in [0.1, 0.15) is 0 Å². The summed E-state index contributed by atoms with van der Waals surface area (Å²) in [5.41, 5.74) is 0.798. The number of imidazole rings is 1. The number of aliphatic carboxylic acids is 1. The molecule has 0 aliphatic heterocycles. The number of carboxylic acids is 1. The van der Waals surface area contributed by atoms with Crippen LogP contribution in [-0.2, 0) is 11.3 Å². The third-order valence-corrected chi connectivity index (χ3v) is 2.90. The molecule has 98 valence electrons. The Hall–Kier alpha value is -2.05. The Bertz CT molecular complexity index is 414. The van der Waals surface area contributed by atoms with E-state index >= 15 is 0 Å². The average molecular weight is 252 g/mol. The van der Waals surface area contributed by atoms with E-state index in [1.165, 1.54) is 6.33 Å². The fourth-order valence-corrected chi connectivity index (χ4v) is 1.80. The summed E-state index contributed by atoms with van der Waals surface area (Å²) in [5.74, 6) is -0.584. The molecule has 1 saturated carbocycles. The van der Waals surface area contributed by atoms with Gasteiger partial charge in [-0.3, -0.25) is 4.79 Å². The van der Waals surface area contributed by atoms with Crippen LogP contribution in [0.25, 0.3) is 0 Å². The Morgan fingerprint density at radius 3 is 2.89 bits per heavy atom. The Morgan fingerprint density at radius 1 is 1.56 bits per heavy atom. The zero-order valence-corrected chi connectivity index (χ0v) is 9.85. The zero-order valence-electron chi connectivity index (χ0n) is 9.85. The van der Waals surface area contributed by atoms with E-state index in [2.05, 4.69) is 20.6 Å². The predicted octanol–water partition coefficient (Wildman–Crippen LogP) is 0.462. The van der Waals surface area contributed by atoms with Gasteiger partial charge in [-0.2, -0.15) is 0 Å². The molecule has 1 aromatic heterocycles. The summed E-state index contributed by atoms with van der Waals surface area (Å²) in [4.78, 5) is 29.0. The molecule has 0 saturated heterocycles. The lowest BCUT2D eigenvalue weighted by atomic mass is 10.1. The van der Waals surface area contributed by atoms with Crippen molar-refractivity contribution in [2.75, 3.05) is 0 Å². The van der Waals surface area contributed by atoms with Gasteiger partial charge in [-0.15, -0.1) is 0 Å². The van der Waals surface area contributed by atoms with Crippen molar-refractivity contribution in [2.45, 2.75) is 31.8 Å². The molecule has 18 heavy (non-hydrogen) atoms. The minimum Gasteiger partial charge on any atom is -0.481 e. The summed E-state index contributed by atoms with van der Waals surface area (Å²) >= 11 is 0. The van der Waals surface area contributed by atoms with Crippen molar-refractivity contribution in [3.05, 3.63) is 18.2 Å². The number of amides is 2. The molecule has 7 heteroatoms. The number of aromatic amines is 1. The van der Waals surface area contributed by atoms with Crippen LogP contribution in [0, 0.1) is 5.92 Å². The van der Waals surface area contributed by atoms with E-state index in [1.807, 2.05) is 0 Å². The molecular formula is C11H16N4O3. The van der Waals surface area contributed by atoms with Gasteiger partial charge in [-0.05, 0) is 18.8 Å². The third kappa shape index (κ3) is 3.76. The second-order valence-electron chi connectivity index (χ2n) is 4.45. The van der Waals surface area contributed by atoms with Crippen LogP contribution < -0.4 is 10.6 Å². The van der Waals surface area contributed by atoms with Gasteiger partial charge >= 0.3 is 12.0 Å². The first-order valence-corrected chi connectivity index (χ1v) is 5.88. The maximum Gasteiger partial charge on any atom is 0.315 e. The molecule has 1 fully saturated rings. The van der Waals surface area contributed by atoms with E-state index in [4.69, 9.17) is 5.11 Å². The minimum absolute atomic E-state index is 0.0257. The lowest BCUT2D eigenvalue weighted by Gasteiger charge is -2.16. The molecule has 7 nitrogen and oxygen atoms in total. The third-order valence-electron chi connectivity index (χ3n) is 2.90. The number of carbonyl (C=O) groups excluding carboxylic acids is 1. The highest BCUT2D eigenvalue weighted by molar-refractivity contribution is 5.75. The molecule has 0 spiro atoms. The van der Waals surface area contributed by atoms with E-state index in [1.54, 1.807) is 6.20 Å². The van der Waals surface area contributed by atoms with E-state index in [9.17, 15) is 9.59 Å². The summed E-state index contributed by atoms with van der Waals surface area (Å²) in [7, 11) is 0. The molecule has 2 amide bonds. The topological polar surface area (TPSA) is 107 Å². The first-order valence-electron chi connectivity index (χ1n) is 5.88. The summed E-state index contributed by atoms with van der Waals surface area (Å²) in [6, 6.07) is -0.619. The van der Waals surface area contributed by atoms with E-state index in [-0.39, 0.29) is 18.5 Å². The van der Waals surface area contributed by atoms with Crippen molar-refractivity contribution < 1.29 is 14.7 Å². The Balaban J connectivity index is 1.76. The molecule has 4 N–H and O–H groups in total. The maximum atomic E-state index is 11.6. The molecular weight excluding hydrogens is 236 g/mol. The maximum absolute atomic E-state index is 11.6. The van der Waals surface area contributed by atoms with E-state index < -0.39 is 5.97 Å². The van der Waals surface area contributed by atoms with Crippen LogP contribution >= 0.6 is 0 Å². The van der Waals surface area contributed by atoms with Crippen molar-refractivity contribution in [1.29, 1.82) is 0 Å². The number of nitrogens with zero attached hydrogens (tertiary/aromatic N) is 1. The smallest absolute Gasteiger partial charge is 0.315 e. The van der Waals surface area contributed by atoms with Crippen molar-refractivity contribution in [2.24, 2.45) is 5.92 Å². The molecule has 2 rings (SSSR count). The molecule has 1 aliphatic carbocycles. The zero-order chi connectivity index (χ0) is 13.0. The first-order chi connectivity index (χ1) is 8.65. The fourth-order valence-electron chi connectivity index (χ4n) is 1.80. The highest BCUT2D eigenvalue weighted by Crippen LogP contribution is 2.33. The summed E-state index contributed by atoms with van der Waals surface area (Å²) in [6.45, 7) is 0.344. The molecule has 0 aromatic carbocycles. The van der Waals surface area contributed by atoms with Gasteiger partial charge in [0.2, 0.25) is 0 Å². The van der Waals surface area contributed by atoms with Crippen molar-refractivity contribution in [1.82, 2.24) is 20.6 Å². The number of H-pyrrole nitrogens is 1. The number of carboxylic acid groups (broad SMARTS) is 1. The van der Waals surface area contributed by atoms with Gasteiger partial charge in [0.15, 0.2) is 0 Å². The Morgan fingerprint density at radius 2 is 2.33 bits per heavy atom. The summed E-state index contributed by atoms with van der Waals surface area (Å²) < 4.78 is 0.